The van der Waals surface area contributed by atoms with Gasteiger partial charge >= 0.3 is 0 Å². The lowest BCUT2D eigenvalue weighted by Gasteiger charge is -2.04. The first-order valence-electron chi connectivity index (χ1n) is 4.92. The van der Waals surface area contributed by atoms with Gasteiger partial charge < -0.3 is 9.84 Å². The number of rotatable bonds is 4. The summed E-state index contributed by atoms with van der Waals surface area (Å²) >= 11 is 7.32. The number of hydrogen-bond donors (Lipinski definition) is 1. The predicted octanol–water partition coefficient (Wildman–Crippen LogP) is 2.76. The van der Waals surface area contributed by atoms with Gasteiger partial charge in [-0.15, -0.1) is 0 Å². The van der Waals surface area contributed by atoms with Crippen LogP contribution in [0.5, 0.6) is 0 Å². The van der Waals surface area contributed by atoms with Gasteiger partial charge in [0, 0.05) is 12.1 Å². The van der Waals surface area contributed by atoms with E-state index in [2.05, 4.69) is 20.4 Å². The lowest BCUT2D eigenvalue weighted by Crippen LogP contribution is -2.02. The molecule has 0 saturated carbocycles. The molecule has 2 aromatic rings. The van der Waals surface area contributed by atoms with Crippen molar-refractivity contribution in [3.05, 3.63) is 28.7 Å². The number of halogens is 1. The van der Waals surface area contributed by atoms with Crippen LogP contribution in [-0.4, -0.2) is 21.4 Å². The molecule has 0 aliphatic heterocycles. The Balaban J connectivity index is 2.05. The van der Waals surface area contributed by atoms with Crippen molar-refractivity contribution in [2.45, 2.75) is 18.6 Å². The van der Waals surface area contributed by atoms with Gasteiger partial charge in [0.05, 0.1) is 6.54 Å². The fourth-order valence-electron chi connectivity index (χ4n) is 1.26. The summed E-state index contributed by atoms with van der Waals surface area (Å²) in [6.07, 6.45) is 1.90. The van der Waals surface area contributed by atoms with Gasteiger partial charge in [-0.1, -0.05) is 28.5 Å². The lowest BCUT2D eigenvalue weighted by molar-refractivity contribution is 0.391. The van der Waals surface area contributed by atoms with Gasteiger partial charge in [0.2, 0.25) is 0 Å². The van der Waals surface area contributed by atoms with Crippen LogP contribution >= 0.6 is 23.4 Å². The lowest BCUT2D eigenvalue weighted by atomic mass is 10.4. The average Bonchev–Trinajstić information content (AvgIpc) is 2.72. The Morgan fingerprint density at radius 1 is 1.41 bits per heavy atom. The zero-order valence-electron chi connectivity index (χ0n) is 9.40. The number of nitrogens with one attached hydrogen (secondary N) is 1. The molecular weight excluding hydrogens is 260 g/mol. The van der Waals surface area contributed by atoms with E-state index in [0.29, 0.717) is 22.7 Å². The third-order valence-corrected chi connectivity index (χ3v) is 2.73. The van der Waals surface area contributed by atoms with Crippen molar-refractivity contribution in [1.29, 1.82) is 0 Å². The minimum absolute atomic E-state index is 0.420. The summed E-state index contributed by atoms with van der Waals surface area (Å²) in [6, 6.07) is 3.54. The summed E-state index contributed by atoms with van der Waals surface area (Å²) in [5.74, 6) is 1.46. The summed E-state index contributed by atoms with van der Waals surface area (Å²) in [5.41, 5.74) is 0.822. The molecule has 0 bridgehead atoms. The maximum absolute atomic E-state index is 5.88. The van der Waals surface area contributed by atoms with Crippen molar-refractivity contribution in [3.63, 3.8) is 0 Å². The molecule has 2 aromatic heterocycles. The largest absolute Gasteiger partial charge is 0.364 e. The van der Waals surface area contributed by atoms with Crippen LogP contribution < -0.4 is 5.32 Å². The van der Waals surface area contributed by atoms with Gasteiger partial charge in [-0.25, -0.2) is 9.97 Å². The molecule has 0 fully saturated rings. The molecule has 90 valence electrons. The third-order valence-electron chi connectivity index (χ3n) is 1.98. The van der Waals surface area contributed by atoms with Crippen molar-refractivity contribution < 1.29 is 4.52 Å². The van der Waals surface area contributed by atoms with Crippen LogP contribution in [-0.2, 0) is 6.54 Å². The van der Waals surface area contributed by atoms with E-state index in [1.807, 2.05) is 19.2 Å². The molecule has 5 nitrogen and oxygen atoms in total. The zero-order chi connectivity index (χ0) is 12.3. The van der Waals surface area contributed by atoms with E-state index in [4.69, 9.17) is 16.1 Å². The van der Waals surface area contributed by atoms with E-state index in [1.54, 1.807) is 6.07 Å². The van der Waals surface area contributed by atoms with Crippen molar-refractivity contribution >= 4 is 29.2 Å². The van der Waals surface area contributed by atoms with Crippen molar-refractivity contribution in [3.8, 4) is 0 Å². The minimum Gasteiger partial charge on any atom is -0.364 e. The maximum Gasteiger partial charge on any atom is 0.190 e. The molecule has 0 unspecified atom stereocenters. The molecule has 0 aromatic carbocycles. The van der Waals surface area contributed by atoms with Crippen LogP contribution in [0.15, 0.2) is 21.8 Å². The number of thioether (sulfide) groups is 1. The van der Waals surface area contributed by atoms with Gasteiger partial charge in [0.1, 0.15) is 22.4 Å². The summed E-state index contributed by atoms with van der Waals surface area (Å²) < 4.78 is 4.97. The highest BCUT2D eigenvalue weighted by atomic mass is 35.5. The standard InChI is InChI=1S/C10H11ClN4OS/c1-6-3-7(15-16-6)5-12-9-4-8(11)13-10(14-9)17-2/h3-4H,5H2,1-2H3,(H,12,13,14). The number of anilines is 1. The van der Waals surface area contributed by atoms with Crippen molar-refractivity contribution in [2.24, 2.45) is 0 Å². The van der Waals surface area contributed by atoms with E-state index in [9.17, 15) is 0 Å². The number of hydrogen-bond acceptors (Lipinski definition) is 6. The number of nitrogens with zero attached hydrogens (tertiary/aromatic N) is 3. The summed E-state index contributed by atoms with van der Waals surface area (Å²) in [4.78, 5) is 8.33. The summed E-state index contributed by atoms with van der Waals surface area (Å²) in [5, 5.41) is 8.05. The molecular formula is C10H11ClN4OS. The molecule has 0 saturated heterocycles. The normalized spacial score (nSPS) is 10.5. The van der Waals surface area contributed by atoms with Gasteiger partial charge in [-0.05, 0) is 13.2 Å². The second kappa shape index (κ2) is 5.37. The molecule has 0 radical (unpaired) electrons. The van der Waals surface area contributed by atoms with Crippen LogP contribution in [0.4, 0.5) is 5.82 Å². The van der Waals surface area contributed by atoms with E-state index >= 15 is 0 Å². The molecule has 0 amide bonds. The maximum atomic E-state index is 5.88. The monoisotopic (exact) mass is 270 g/mol. The number of aryl methyl sites for hydroxylation is 1. The summed E-state index contributed by atoms with van der Waals surface area (Å²) in [7, 11) is 0. The van der Waals surface area contributed by atoms with E-state index in [0.717, 1.165) is 11.5 Å². The smallest absolute Gasteiger partial charge is 0.190 e. The van der Waals surface area contributed by atoms with Gasteiger partial charge in [0.25, 0.3) is 0 Å². The quantitative estimate of drug-likeness (QED) is 0.524. The van der Waals surface area contributed by atoms with Crippen molar-refractivity contribution in [2.75, 3.05) is 11.6 Å². The molecule has 0 spiro atoms. The first kappa shape index (κ1) is 12.2. The Bertz CT molecular complexity index is 517. The first-order valence-corrected chi connectivity index (χ1v) is 6.52. The van der Waals surface area contributed by atoms with E-state index in [1.165, 1.54) is 11.8 Å². The topological polar surface area (TPSA) is 63.8 Å². The van der Waals surface area contributed by atoms with Crippen LogP contribution in [0.25, 0.3) is 0 Å². The highest BCUT2D eigenvalue weighted by Crippen LogP contribution is 2.17. The Hall–Kier alpha value is -1.27. The van der Waals surface area contributed by atoms with Gasteiger partial charge in [-0.3, -0.25) is 0 Å². The molecule has 7 heteroatoms. The summed E-state index contributed by atoms with van der Waals surface area (Å²) in [6.45, 7) is 2.39. The van der Waals surface area contributed by atoms with Gasteiger partial charge in [0.15, 0.2) is 5.16 Å². The van der Waals surface area contributed by atoms with Crippen LogP contribution in [0.2, 0.25) is 5.15 Å². The SMILES string of the molecule is CSc1nc(Cl)cc(NCc2cc(C)on2)n1. The Labute approximate surface area is 108 Å². The minimum atomic E-state index is 0.420. The molecule has 0 aliphatic rings. The highest BCUT2D eigenvalue weighted by Gasteiger charge is 2.04. The molecule has 17 heavy (non-hydrogen) atoms. The first-order chi connectivity index (χ1) is 8.17. The molecule has 2 rings (SSSR count). The van der Waals surface area contributed by atoms with Crippen molar-refractivity contribution in [1.82, 2.24) is 15.1 Å². The van der Waals surface area contributed by atoms with E-state index < -0.39 is 0 Å². The molecule has 0 atom stereocenters. The number of aromatic nitrogens is 3. The molecule has 1 N–H and O–H groups in total. The van der Waals surface area contributed by atoms with Gasteiger partial charge in [-0.2, -0.15) is 0 Å². The Morgan fingerprint density at radius 2 is 2.24 bits per heavy atom. The molecule has 0 aliphatic carbocycles. The third kappa shape index (κ3) is 3.34. The van der Waals surface area contributed by atoms with Crippen LogP contribution in [0, 0.1) is 6.92 Å². The Morgan fingerprint density at radius 3 is 2.88 bits per heavy atom. The van der Waals surface area contributed by atoms with Crippen LogP contribution in [0.3, 0.4) is 0 Å². The zero-order valence-corrected chi connectivity index (χ0v) is 11.0. The highest BCUT2D eigenvalue weighted by molar-refractivity contribution is 7.98. The molecule has 2 heterocycles. The fraction of sp³-hybridized carbons (Fsp3) is 0.300. The second-order valence-electron chi connectivity index (χ2n) is 3.35. The van der Waals surface area contributed by atoms with Crippen LogP contribution in [0.1, 0.15) is 11.5 Å². The average molecular weight is 271 g/mol. The Kier molecular flexibility index (Phi) is 3.86. The fourth-order valence-corrected chi connectivity index (χ4v) is 1.87. The second-order valence-corrected chi connectivity index (χ2v) is 4.51. The predicted molar refractivity (Wildman–Crippen MR) is 67.4 cm³/mol. The van der Waals surface area contributed by atoms with E-state index in [-0.39, 0.29) is 0 Å².